The first-order chi connectivity index (χ1) is 9.15. The van der Waals surface area contributed by atoms with Crippen LogP contribution in [0.2, 0.25) is 0 Å². The molecule has 0 saturated heterocycles. The van der Waals surface area contributed by atoms with Crippen LogP contribution in [-0.4, -0.2) is 30.9 Å². The molecule has 0 spiro atoms. The highest BCUT2D eigenvalue weighted by Gasteiger charge is 2.30. The van der Waals surface area contributed by atoms with Crippen LogP contribution in [0.15, 0.2) is 6.33 Å². The number of nitrogen functional groups attached to an aromatic ring is 1. The first-order valence-electron chi connectivity index (χ1n) is 6.11. The van der Waals surface area contributed by atoms with E-state index >= 15 is 0 Å². The Balaban J connectivity index is 1.66. The standard InChI is InChI=1S/C11H15N7O/c1-18-5-14-7(17-18)4-13-11(19)10-8(12)9(15-16-10)6-2-3-6/h5-6H,2-4,12H2,1H3,(H,13,19)(H,15,16). The van der Waals surface area contributed by atoms with Crippen molar-refractivity contribution in [2.75, 3.05) is 5.73 Å². The molecule has 2 aromatic heterocycles. The van der Waals surface area contributed by atoms with Crippen molar-refractivity contribution in [3.05, 3.63) is 23.5 Å². The molecule has 100 valence electrons. The van der Waals surface area contributed by atoms with E-state index in [2.05, 4.69) is 25.6 Å². The summed E-state index contributed by atoms with van der Waals surface area (Å²) in [7, 11) is 1.77. The Hall–Kier alpha value is -2.38. The summed E-state index contributed by atoms with van der Waals surface area (Å²) in [6.07, 6.45) is 3.78. The summed E-state index contributed by atoms with van der Waals surface area (Å²) in [6, 6.07) is 0. The quantitative estimate of drug-likeness (QED) is 0.712. The molecule has 8 heteroatoms. The van der Waals surface area contributed by atoms with Gasteiger partial charge in [0.2, 0.25) is 0 Å². The molecule has 1 fully saturated rings. The Morgan fingerprint density at radius 3 is 3.05 bits per heavy atom. The maximum Gasteiger partial charge on any atom is 0.274 e. The second-order valence-corrected chi connectivity index (χ2v) is 4.69. The van der Waals surface area contributed by atoms with Gasteiger partial charge >= 0.3 is 0 Å². The minimum Gasteiger partial charge on any atom is -0.395 e. The third-order valence-corrected chi connectivity index (χ3v) is 3.09. The van der Waals surface area contributed by atoms with Gasteiger partial charge in [-0.15, -0.1) is 0 Å². The average Bonchev–Trinajstić information content (AvgIpc) is 3.03. The largest absolute Gasteiger partial charge is 0.395 e. The highest BCUT2D eigenvalue weighted by Crippen LogP contribution is 2.42. The first kappa shape index (κ1) is 11.7. The number of aryl methyl sites for hydroxylation is 1. The summed E-state index contributed by atoms with van der Waals surface area (Å²) >= 11 is 0. The monoisotopic (exact) mass is 261 g/mol. The molecule has 0 aliphatic heterocycles. The van der Waals surface area contributed by atoms with Crippen LogP contribution >= 0.6 is 0 Å². The third-order valence-electron chi connectivity index (χ3n) is 3.09. The van der Waals surface area contributed by atoms with Gasteiger partial charge in [-0.2, -0.15) is 10.2 Å². The van der Waals surface area contributed by atoms with Gasteiger partial charge in [0.25, 0.3) is 5.91 Å². The Morgan fingerprint density at radius 1 is 1.63 bits per heavy atom. The summed E-state index contributed by atoms with van der Waals surface area (Å²) in [4.78, 5) is 16.0. The molecule has 0 atom stereocenters. The number of aromatic amines is 1. The molecule has 1 aliphatic rings. The van der Waals surface area contributed by atoms with E-state index in [-0.39, 0.29) is 18.1 Å². The van der Waals surface area contributed by atoms with Gasteiger partial charge in [-0.1, -0.05) is 0 Å². The second kappa shape index (κ2) is 4.38. The summed E-state index contributed by atoms with van der Waals surface area (Å²) in [6.45, 7) is 0.255. The predicted molar refractivity (Wildman–Crippen MR) is 67.1 cm³/mol. The number of aromatic nitrogens is 5. The maximum absolute atomic E-state index is 12.0. The lowest BCUT2D eigenvalue weighted by Gasteiger charge is -2.01. The summed E-state index contributed by atoms with van der Waals surface area (Å²) < 4.78 is 1.58. The molecular weight excluding hydrogens is 246 g/mol. The van der Waals surface area contributed by atoms with Crippen LogP contribution in [0.4, 0.5) is 5.69 Å². The second-order valence-electron chi connectivity index (χ2n) is 4.69. The lowest BCUT2D eigenvalue weighted by Crippen LogP contribution is -2.24. The molecule has 0 aromatic carbocycles. The van der Waals surface area contributed by atoms with Crippen molar-refractivity contribution in [2.24, 2.45) is 7.05 Å². The number of rotatable bonds is 4. The zero-order valence-corrected chi connectivity index (χ0v) is 10.6. The van der Waals surface area contributed by atoms with Gasteiger partial charge in [0.1, 0.15) is 6.33 Å². The summed E-state index contributed by atoms with van der Waals surface area (Å²) in [5.41, 5.74) is 7.51. The van der Waals surface area contributed by atoms with Crippen LogP contribution in [0.5, 0.6) is 0 Å². The fourth-order valence-electron chi connectivity index (χ4n) is 1.93. The Kier molecular flexibility index (Phi) is 2.69. The van der Waals surface area contributed by atoms with Crippen molar-refractivity contribution >= 4 is 11.6 Å². The van der Waals surface area contributed by atoms with Crippen LogP contribution < -0.4 is 11.1 Å². The minimum absolute atomic E-state index is 0.248. The molecule has 0 radical (unpaired) electrons. The van der Waals surface area contributed by atoms with E-state index in [0.29, 0.717) is 17.4 Å². The molecule has 1 aliphatic carbocycles. The van der Waals surface area contributed by atoms with Crippen molar-refractivity contribution in [1.82, 2.24) is 30.3 Å². The number of nitrogens with zero attached hydrogens (tertiary/aromatic N) is 4. The Labute approximate surface area is 109 Å². The summed E-state index contributed by atoms with van der Waals surface area (Å²) in [5.74, 6) is 0.673. The number of nitrogens with one attached hydrogen (secondary N) is 2. The zero-order valence-electron chi connectivity index (χ0n) is 10.6. The van der Waals surface area contributed by atoms with E-state index in [0.717, 1.165) is 18.5 Å². The van der Waals surface area contributed by atoms with Gasteiger partial charge < -0.3 is 11.1 Å². The van der Waals surface area contributed by atoms with E-state index in [1.807, 2.05) is 0 Å². The molecular formula is C11H15N7O. The normalized spacial score (nSPS) is 14.6. The number of amides is 1. The first-order valence-corrected chi connectivity index (χ1v) is 6.11. The SMILES string of the molecule is Cn1cnc(CNC(=O)c2n[nH]c(C3CC3)c2N)n1. The van der Waals surface area contributed by atoms with Gasteiger partial charge in [-0.05, 0) is 12.8 Å². The fourth-order valence-corrected chi connectivity index (χ4v) is 1.93. The van der Waals surface area contributed by atoms with Gasteiger partial charge in [-0.3, -0.25) is 14.6 Å². The molecule has 4 N–H and O–H groups in total. The highest BCUT2D eigenvalue weighted by molar-refractivity contribution is 5.97. The number of carbonyl (C=O) groups excluding carboxylic acids is 1. The number of carbonyl (C=O) groups is 1. The lowest BCUT2D eigenvalue weighted by molar-refractivity contribution is 0.0945. The van der Waals surface area contributed by atoms with Gasteiger partial charge in [0.15, 0.2) is 11.5 Å². The number of hydrogen-bond acceptors (Lipinski definition) is 5. The van der Waals surface area contributed by atoms with Gasteiger partial charge in [-0.25, -0.2) is 4.98 Å². The van der Waals surface area contributed by atoms with E-state index in [9.17, 15) is 4.79 Å². The van der Waals surface area contributed by atoms with Gasteiger partial charge in [0.05, 0.1) is 17.9 Å². The predicted octanol–water partition coefficient (Wildman–Crippen LogP) is -0.0722. The molecule has 8 nitrogen and oxygen atoms in total. The summed E-state index contributed by atoms with van der Waals surface area (Å²) in [5, 5.41) is 13.6. The van der Waals surface area contributed by atoms with E-state index in [1.165, 1.54) is 0 Å². The highest BCUT2D eigenvalue weighted by atomic mass is 16.1. The van der Waals surface area contributed by atoms with Crippen LogP contribution in [-0.2, 0) is 13.6 Å². The van der Waals surface area contributed by atoms with Crippen molar-refractivity contribution in [3.63, 3.8) is 0 Å². The van der Waals surface area contributed by atoms with Crippen molar-refractivity contribution in [3.8, 4) is 0 Å². The molecule has 1 saturated carbocycles. The molecule has 1 amide bonds. The Morgan fingerprint density at radius 2 is 2.42 bits per heavy atom. The van der Waals surface area contributed by atoms with Crippen LogP contribution in [0, 0.1) is 0 Å². The smallest absolute Gasteiger partial charge is 0.274 e. The van der Waals surface area contributed by atoms with Gasteiger partial charge in [0, 0.05) is 13.0 Å². The van der Waals surface area contributed by atoms with Crippen molar-refractivity contribution in [1.29, 1.82) is 0 Å². The van der Waals surface area contributed by atoms with Crippen LogP contribution in [0.3, 0.4) is 0 Å². The van der Waals surface area contributed by atoms with Crippen molar-refractivity contribution < 1.29 is 4.79 Å². The van der Waals surface area contributed by atoms with E-state index < -0.39 is 0 Å². The molecule has 2 heterocycles. The number of nitrogens with two attached hydrogens (primary N) is 1. The topological polar surface area (TPSA) is 115 Å². The van der Waals surface area contributed by atoms with E-state index in [1.54, 1.807) is 18.1 Å². The molecule has 0 unspecified atom stereocenters. The molecule has 19 heavy (non-hydrogen) atoms. The number of H-pyrrole nitrogens is 1. The maximum atomic E-state index is 12.0. The third kappa shape index (κ3) is 2.28. The lowest BCUT2D eigenvalue weighted by atomic mass is 10.2. The average molecular weight is 261 g/mol. The Bertz CT molecular complexity index is 610. The van der Waals surface area contributed by atoms with Crippen molar-refractivity contribution in [2.45, 2.75) is 25.3 Å². The number of hydrogen-bond donors (Lipinski definition) is 3. The zero-order chi connectivity index (χ0) is 13.4. The van der Waals surface area contributed by atoms with Crippen LogP contribution in [0.25, 0.3) is 0 Å². The van der Waals surface area contributed by atoms with Crippen LogP contribution in [0.1, 0.15) is 40.8 Å². The minimum atomic E-state index is -0.312. The molecule has 0 bridgehead atoms. The fraction of sp³-hybridized carbons (Fsp3) is 0.455. The molecule has 3 rings (SSSR count). The number of anilines is 1. The van der Waals surface area contributed by atoms with E-state index in [4.69, 9.17) is 5.73 Å². The molecule has 2 aromatic rings.